The minimum absolute atomic E-state index is 0.0974. The summed E-state index contributed by atoms with van der Waals surface area (Å²) in [6.07, 6.45) is 3.46. The zero-order valence-electron chi connectivity index (χ0n) is 22.3. The van der Waals surface area contributed by atoms with Crippen molar-refractivity contribution < 1.29 is 14.4 Å². The van der Waals surface area contributed by atoms with E-state index in [1.807, 2.05) is 79.7 Å². The molecule has 0 saturated carbocycles. The van der Waals surface area contributed by atoms with E-state index in [-0.39, 0.29) is 22.8 Å². The molecule has 4 aromatic carbocycles. The monoisotopic (exact) mass is 560 g/mol. The van der Waals surface area contributed by atoms with Crippen LogP contribution in [0.2, 0.25) is 0 Å². The van der Waals surface area contributed by atoms with Crippen molar-refractivity contribution in [3.63, 3.8) is 0 Å². The molecule has 0 aliphatic rings. The number of anilines is 2. The highest BCUT2D eigenvalue weighted by molar-refractivity contribution is 8.00. The normalized spacial score (nSPS) is 12.0. The molecular weight excluding hydrogens is 532 g/mol. The fourth-order valence-electron chi connectivity index (χ4n) is 4.15. The van der Waals surface area contributed by atoms with Gasteiger partial charge in [-0.25, -0.2) is 0 Å². The van der Waals surface area contributed by atoms with Crippen LogP contribution in [0.5, 0.6) is 0 Å². The minimum Gasteiger partial charge on any atom is -0.361 e. The summed E-state index contributed by atoms with van der Waals surface area (Å²) in [5, 5.41) is 9.16. The summed E-state index contributed by atoms with van der Waals surface area (Å²) in [4.78, 5) is 43.0. The van der Waals surface area contributed by atoms with Gasteiger partial charge >= 0.3 is 0 Å². The summed E-state index contributed by atoms with van der Waals surface area (Å²) in [5.41, 5.74) is 3.55. The maximum Gasteiger partial charge on any atom is 0.272 e. The van der Waals surface area contributed by atoms with Gasteiger partial charge in [-0.05, 0) is 67.6 Å². The van der Waals surface area contributed by atoms with Crippen LogP contribution in [0.4, 0.5) is 11.4 Å². The lowest BCUT2D eigenvalue weighted by atomic mass is 10.1. The Hall–Kier alpha value is -5.08. The van der Waals surface area contributed by atoms with Crippen molar-refractivity contribution >= 4 is 57.8 Å². The maximum absolute atomic E-state index is 13.4. The Morgan fingerprint density at radius 1 is 0.756 bits per heavy atom. The average molecular weight is 561 g/mol. The van der Waals surface area contributed by atoms with E-state index in [0.29, 0.717) is 11.3 Å². The van der Waals surface area contributed by atoms with Gasteiger partial charge in [0.05, 0.1) is 5.25 Å². The second-order valence-electron chi connectivity index (χ2n) is 9.26. The predicted molar refractivity (Wildman–Crippen MR) is 166 cm³/mol. The molecule has 8 heteroatoms. The zero-order valence-corrected chi connectivity index (χ0v) is 23.1. The van der Waals surface area contributed by atoms with E-state index < -0.39 is 5.91 Å². The van der Waals surface area contributed by atoms with Gasteiger partial charge in [-0.1, -0.05) is 54.6 Å². The third-order valence-electron chi connectivity index (χ3n) is 6.29. The standard InChI is InChI=1S/C33H28N4O3S/c1-22(31(38)35-25-12-6-3-7-13-25)41-27-18-16-26(17-19-27)36-33(40)30(37-32(39)23-10-4-2-5-11-23)20-24-21-34-29-15-9-8-14-28(24)29/h2-22,34H,1H3,(H,35,38)(H,36,40)(H,37,39). The van der Waals surface area contributed by atoms with Crippen LogP contribution in [0.15, 0.2) is 126 Å². The Kier molecular flexibility index (Phi) is 8.61. The van der Waals surface area contributed by atoms with Crippen molar-refractivity contribution in [1.82, 2.24) is 10.3 Å². The number of amides is 3. The van der Waals surface area contributed by atoms with Crippen molar-refractivity contribution in [3.8, 4) is 0 Å². The number of nitrogens with one attached hydrogen (secondary N) is 4. The molecule has 0 radical (unpaired) electrons. The van der Waals surface area contributed by atoms with E-state index in [1.54, 1.807) is 48.7 Å². The van der Waals surface area contributed by atoms with E-state index >= 15 is 0 Å². The van der Waals surface area contributed by atoms with Crippen LogP contribution in [0.1, 0.15) is 22.8 Å². The number of aromatic nitrogens is 1. The highest BCUT2D eigenvalue weighted by atomic mass is 32.2. The smallest absolute Gasteiger partial charge is 0.272 e. The molecule has 7 nitrogen and oxygen atoms in total. The van der Waals surface area contributed by atoms with E-state index in [9.17, 15) is 14.4 Å². The van der Waals surface area contributed by atoms with Gasteiger partial charge in [0.2, 0.25) is 5.91 Å². The minimum atomic E-state index is -0.462. The molecule has 1 atom stereocenters. The van der Waals surface area contributed by atoms with Crippen molar-refractivity contribution in [2.24, 2.45) is 0 Å². The summed E-state index contributed by atoms with van der Waals surface area (Å²) in [6.45, 7) is 1.84. The lowest BCUT2D eigenvalue weighted by Crippen LogP contribution is -2.30. The van der Waals surface area contributed by atoms with E-state index in [2.05, 4.69) is 20.9 Å². The molecule has 0 saturated heterocycles. The number of hydrogen-bond acceptors (Lipinski definition) is 4. The van der Waals surface area contributed by atoms with Crippen LogP contribution in [0.25, 0.3) is 17.0 Å². The molecule has 5 rings (SSSR count). The predicted octanol–water partition coefficient (Wildman–Crippen LogP) is 6.70. The van der Waals surface area contributed by atoms with E-state index in [4.69, 9.17) is 0 Å². The molecular formula is C33H28N4O3S. The number of aromatic amines is 1. The number of carbonyl (C=O) groups is 3. The highest BCUT2D eigenvalue weighted by Gasteiger charge is 2.17. The van der Waals surface area contributed by atoms with Gasteiger partial charge in [0.1, 0.15) is 5.70 Å². The third-order valence-corrected chi connectivity index (χ3v) is 7.40. The first-order chi connectivity index (χ1) is 20.0. The van der Waals surface area contributed by atoms with Crippen LogP contribution in [-0.4, -0.2) is 28.0 Å². The van der Waals surface area contributed by atoms with Crippen LogP contribution >= 0.6 is 11.8 Å². The molecule has 1 heterocycles. The molecule has 0 aliphatic carbocycles. The number of para-hydroxylation sites is 2. The Morgan fingerprint density at radius 3 is 2.12 bits per heavy atom. The lowest BCUT2D eigenvalue weighted by Gasteiger charge is -2.13. The first-order valence-electron chi connectivity index (χ1n) is 13.0. The van der Waals surface area contributed by atoms with Crippen LogP contribution in [0, 0.1) is 0 Å². The van der Waals surface area contributed by atoms with Gasteiger partial charge in [0.15, 0.2) is 0 Å². The second kappa shape index (κ2) is 12.8. The molecule has 4 N–H and O–H groups in total. The molecule has 1 unspecified atom stereocenters. The number of hydrogen-bond donors (Lipinski definition) is 4. The fraction of sp³-hybridized carbons (Fsp3) is 0.0606. The Morgan fingerprint density at radius 2 is 1.39 bits per heavy atom. The van der Waals surface area contributed by atoms with Crippen molar-refractivity contribution in [1.29, 1.82) is 0 Å². The molecule has 0 aliphatic heterocycles. The van der Waals surface area contributed by atoms with Crippen LogP contribution in [-0.2, 0) is 9.59 Å². The second-order valence-corrected chi connectivity index (χ2v) is 10.7. The Bertz CT molecular complexity index is 1700. The summed E-state index contributed by atoms with van der Waals surface area (Å²) in [5.74, 6) is -0.947. The van der Waals surface area contributed by atoms with Crippen LogP contribution < -0.4 is 16.0 Å². The Labute approximate surface area is 242 Å². The number of fused-ring (bicyclic) bond motifs is 1. The highest BCUT2D eigenvalue weighted by Crippen LogP contribution is 2.26. The summed E-state index contributed by atoms with van der Waals surface area (Å²) in [7, 11) is 0. The number of carbonyl (C=O) groups excluding carboxylic acids is 3. The van der Waals surface area contributed by atoms with Crippen LogP contribution in [0.3, 0.4) is 0 Å². The summed E-state index contributed by atoms with van der Waals surface area (Å²) < 4.78 is 0. The maximum atomic E-state index is 13.4. The summed E-state index contributed by atoms with van der Waals surface area (Å²) >= 11 is 1.42. The van der Waals surface area contributed by atoms with Gasteiger partial charge in [0, 0.05) is 44.5 Å². The molecule has 0 bridgehead atoms. The van der Waals surface area contributed by atoms with Gasteiger partial charge in [-0.2, -0.15) is 0 Å². The number of H-pyrrole nitrogens is 1. The molecule has 41 heavy (non-hydrogen) atoms. The molecule has 5 aromatic rings. The number of thioether (sulfide) groups is 1. The zero-order chi connectivity index (χ0) is 28.6. The quantitative estimate of drug-likeness (QED) is 0.119. The molecule has 1 aromatic heterocycles. The summed E-state index contributed by atoms with van der Waals surface area (Å²) in [6, 6.07) is 33.0. The van der Waals surface area contributed by atoms with Crippen molar-refractivity contribution in [2.75, 3.05) is 10.6 Å². The molecule has 3 amide bonds. The lowest BCUT2D eigenvalue weighted by molar-refractivity contribution is -0.115. The Balaban J connectivity index is 1.29. The average Bonchev–Trinajstić information content (AvgIpc) is 3.41. The first kappa shape index (κ1) is 27.5. The topological polar surface area (TPSA) is 103 Å². The number of benzene rings is 4. The molecule has 0 spiro atoms. The first-order valence-corrected chi connectivity index (χ1v) is 13.9. The van der Waals surface area contributed by atoms with E-state index in [0.717, 1.165) is 27.0 Å². The van der Waals surface area contributed by atoms with Crippen molar-refractivity contribution in [2.45, 2.75) is 17.1 Å². The van der Waals surface area contributed by atoms with Gasteiger partial charge in [0.25, 0.3) is 11.8 Å². The SMILES string of the molecule is CC(Sc1ccc(NC(=O)C(=Cc2c[nH]c3ccccc23)NC(=O)c2ccccc2)cc1)C(=O)Nc1ccccc1. The number of rotatable bonds is 9. The van der Waals surface area contributed by atoms with Crippen molar-refractivity contribution in [3.05, 3.63) is 132 Å². The van der Waals surface area contributed by atoms with Gasteiger partial charge < -0.3 is 20.9 Å². The fourth-order valence-corrected chi connectivity index (χ4v) is 5.02. The van der Waals surface area contributed by atoms with Gasteiger partial charge in [-0.15, -0.1) is 11.8 Å². The van der Waals surface area contributed by atoms with E-state index in [1.165, 1.54) is 11.8 Å². The largest absolute Gasteiger partial charge is 0.361 e. The third kappa shape index (κ3) is 7.12. The molecule has 0 fully saturated rings. The van der Waals surface area contributed by atoms with Gasteiger partial charge in [-0.3, -0.25) is 14.4 Å². The molecule has 204 valence electrons.